The molecule has 2 fully saturated rings. The maximum absolute atomic E-state index is 13.4. The van der Waals surface area contributed by atoms with Crippen molar-refractivity contribution >= 4 is 29.3 Å². The van der Waals surface area contributed by atoms with E-state index in [1.807, 2.05) is 0 Å². The maximum Gasteiger partial charge on any atom is 0.269 e. The number of aromatic nitrogens is 3. The van der Waals surface area contributed by atoms with E-state index in [-0.39, 0.29) is 35.1 Å². The highest BCUT2D eigenvalue weighted by atomic mass is 35.5. The number of carbonyl (C=O) groups excluding carboxylic acids is 3. The van der Waals surface area contributed by atoms with E-state index in [1.54, 1.807) is 21.9 Å². The number of nitrogens with zero attached hydrogens (tertiary/aromatic N) is 5. The number of piperazine rings is 1. The first-order valence-electron chi connectivity index (χ1n) is 10.8. The van der Waals surface area contributed by atoms with Gasteiger partial charge in [0.2, 0.25) is 5.91 Å². The number of halogens is 1. The number of carbonyl (C=O) groups is 3. The van der Waals surface area contributed by atoms with E-state index in [9.17, 15) is 14.4 Å². The van der Waals surface area contributed by atoms with Crippen LogP contribution >= 0.6 is 11.6 Å². The molecule has 4 rings (SSSR count). The van der Waals surface area contributed by atoms with Crippen molar-refractivity contribution in [3.05, 3.63) is 53.6 Å². The highest BCUT2D eigenvalue weighted by Gasteiger charge is 2.54. The highest BCUT2D eigenvalue weighted by molar-refractivity contribution is 6.29. The lowest BCUT2D eigenvalue weighted by atomic mass is 10.00. The van der Waals surface area contributed by atoms with Crippen molar-refractivity contribution in [2.75, 3.05) is 33.8 Å². The van der Waals surface area contributed by atoms with Crippen LogP contribution in [0.2, 0.25) is 5.15 Å². The zero-order chi connectivity index (χ0) is 24.5. The van der Waals surface area contributed by atoms with Crippen LogP contribution < -0.4 is 5.32 Å². The van der Waals surface area contributed by atoms with Crippen molar-refractivity contribution in [1.29, 1.82) is 0 Å². The summed E-state index contributed by atoms with van der Waals surface area (Å²) in [7, 11) is 3.05. The van der Waals surface area contributed by atoms with Crippen molar-refractivity contribution in [2.45, 2.75) is 24.5 Å². The van der Waals surface area contributed by atoms with Crippen LogP contribution in [0.5, 0.6) is 0 Å². The molecule has 0 unspecified atom stereocenters. The molecule has 3 heterocycles. The minimum Gasteiger partial charge on any atom is -0.368 e. The molecule has 2 aromatic rings. The highest BCUT2D eigenvalue weighted by Crippen LogP contribution is 2.43. The summed E-state index contributed by atoms with van der Waals surface area (Å²) in [5.74, 6) is -0.677. The molecule has 1 saturated heterocycles. The second kappa shape index (κ2) is 9.47. The molecule has 0 bridgehead atoms. The number of hydrogen-bond donors (Lipinski definition) is 1. The van der Waals surface area contributed by atoms with Crippen molar-refractivity contribution in [2.24, 2.45) is 0 Å². The number of methoxy groups -OCH3 is 1. The molecule has 1 aliphatic carbocycles. The predicted octanol–water partition coefficient (Wildman–Crippen LogP) is 1.63. The smallest absolute Gasteiger partial charge is 0.269 e. The minimum absolute atomic E-state index is 0.107. The van der Waals surface area contributed by atoms with Gasteiger partial charge in [0.25, 0.3) is 11.8 Å². The number of nitrogens with one attached hydrogen (secondary N) is 1. The molecule has 11 heteroatoms. The number of rotatable bonds is 6. The van der Waals surface area contributed by atoms with E-state index >= 15 is 0 Å². The lowest BCUT2D eigenvalue weighted by Crippen LogP contribution is -2.55. The Bertz CT molecular complexity index is 1150. The predicted molar refractivity (Wildman–Crippen MR) is 124 cm³/mol. The average Bonchev–Trinajstić information content (AvgIpc) is 3.68. The number of pyridine rings is 1. The summed E-state index contributed by atoms with van der Waals surface area (Å²) in [6, 6.07) is 4.48. The van der Waals surface area contributed by atoms with Crippen LogP contribution in [0.15, 0.2) is 37.2 Å². The Morgan fingerprint density at radius 3 is 2.62 bits per heavy atom. The summed E-state index contributed by atoms with van der Waals surface area (Å²) in [6.45, 7) is 4.58. The fourth-order valence-corrected chi connectivity index (χ4v) is 4.33. The average molecular weight is 485 g/mol. The normalized spacial score (nSPS) is 18.9. The van der Waals surface area contributed by atoms with Gasteiger partial charge in [-0.1, -0.05) is 18.2 Å². The molecule has 3 amide bonds. The summed E-state index contributed by atoms with van der Waals surface area (Å²) in [4.78, 5) is 53.7. The van der Waals surface area contributed by atoms with Gasteiger partial charge in [-0.3, -0.25) is 14.4 Å². The Hall–Kier alpha value is -3.37. The van der Waals surface area contributed by atoms with Crippen molar-refractivity contribution in [1.82, 2.24) is 30.1 Å². The second-order valence-electron chi connectivity index (χ2n) is 8.18. The molecule has 1 N–H and O–H groups in total. The molecule has 0 spiro atoms. The Labute approximate surface area is 202 Å². The molecular formula is C23H25ClN6O4. The molecule has 2 aliphatic rings. The van der Waals surface area contributed by atoms with Gasteiger partial charge in [0.1, 0.15) is 22.8 Å². The Morgan fingerprint density at radius 2 is 1.97 bits per heavy atom. The Morgan fingerprint density at radius 1 is 1.21 bits per heavy atom. The van der Waals surface area contributed by atoms with Crippen LogP contribution in [0.3, 0.4) is 0 Å². The standard InChI is InChI=1S/C23H25ClN6O4/c1-4-20(31)29-7-8-30(22(33)23(34-3)5-6-23)18(12-29)14-9-16(28-19(24)10-14)15-11-17(21(32)25-2)27-13-26-15/h4,9-11,13,18H,1,5-8,12H2,2-3H3,(H,25,32)/t18-/m1/s1. The number of amides is 3. The van der Waals surface area contributed by atoms with E-state index in [0.29, 0.717) is 42.9 Å². The monoisotopic (exact) mass is 484 g/mol. The van der Waals surface area contributed by atoms with Crippen molar-refractivity contribution < 1.29 is 19.1 Å². The van der Waals surface area contributed by atoms with Crippen LogP contribution in [0.4, 0.5) is 0 Å². The van der Waals surface area contributed by atoms with Crippen LogP contribution in [0.1, 0.15) is 34.9 Å². The first kappa shape index (κ1) is 23.8. The number of hydrogen-bond acceptors (Lipinski definition) is 7. The van der Waals surface area contributed by atoms with Crippen LogP contribution in [0.25, 0.3) is 11.4 Å². The number of ether oxygens (including phenoxy) is 1. The molecule has 0 aromatic carbocycles. The first-order valence-corrected chi connectivity index (χ1v) is 11.2. The van der Waals surface area contributed by atoms with Crippen LogP contribution in [-0.2, 0) is 14.3 Å². The molecule has 1 saturated carbocycles. The summed E-state index contributed by atoms with van der Waals surface area (Å²) in [5.41, 5.74) is 0.890. The lowest BCUT2D eigenvalue weighted by molar-refractivity contribution is -0.152. The van der Waals surface area contributed by atoms with E-state index in [1.165, 1.54) is 32.6 Å². The van der Waals surface area contributed by atoms with Gasteiger partial charge < -0.3 is 19.9 Å². The van der Waals surface area contributed by atoms with E-state index in [2.05, 4.69) is 26.8 Å². The topological polar surface area (TPSA) is 118 Å². The molecular weight excluding hydrogens is 460 g/mol. The fourth-order valence-electron chi connectivity index (χ4n) is 4.11. The minimum atomic E-state index is -0.808. The van der Waals surface area contributed by atoms with Gasteiger partial charge in [0.05, 0.1) is 17.4 Å². The van der Waals surface area contributed by atoms with Gasteiger partial charge in [0.15, 0.2) is 0 Å². The summed E-state index contributed by atoms with van der Waals surface area (Å²) in [5, 5.41) is 2.72. The van der Waals surface area contributed by atoms with Crippen LogP contribution in [0, 0.1) is 0 Å². The first-order chi connectivity index (χ1) is 16.3. The quantitative estimate of drug-likeness (QED) is 0.489. The molecule has 1 aliphatic heterocycles. The third kappa shape index (κ3) is 4.51. The molecule has 2 aromatic heterocycles. The van der Waals surface area contributed by atoms with Gasteiger partial charge in [-0.05, 0) is 42.7 Å². The Kier molecular flexibility index (Phi) is 6.63. The Balaban J connectivity index is 1.74. The SMILES string of the molecule is C=CC(=O)N1CCN(C(=O)C2(OC)CC2)[C@@H](c2cc(Cl)nc(-c3cc(C(=O)NC)ncn3)c2)C1. The van der Waals surface area contributed by atoms with Crippen molar-refractivity contribution in [3.63, 3.8) is 0 Å². The van der Waals surface area contributed by atoms with E-state index in [4.69, 9.17) is 16.3 Å². The largest absolute Gasteiger partial charge is 0.368 e. The summed E-state index contributed by atoms with van der Waals surface area (Å²) >= 11 is 6.37. The maximum atomic E-state index is 13.4. The van der Waals surface area contributed by atoms with Gasteiger partial charge in [0, 0.05) is 33.8 Å². The van der Waals surface area contributed by atoms with Crippen LogP contribution in [-0.4, -0.2) is 81.9 Å². The van der Waals surface area contributed by atoms with Gasteiger partial charge in [-0.15, -0.1) is 0 Å². The molecule has 10 nitrogen and oxygen atoms in total. The lowest BCUT2D eigenvalue weighted by Gasteiger charge is -2.42. The third-order valence-corrected chi connectivity index (χ3v) is 6.40. The van der Waals surface area contributed by atoms with Gasteiger partial charge in [-0.25, -0.2) is 15.0 Å². The van der Waals surface area contributed by atoms with Gasteiger partial charge >= 0.3 is 0 Å². The van der Waals surface area contributed by atoms with Gasteiger partial charge in [-0.2, -0.15) is 0 Å². The molecule has 34 heavy (non-hydrogen) atoms. The molecule has 0 radical (unpaired) electrons. The molecule has 178 valence electrons. The summed E-state index contributed by atoms with van der Waals surface area (Å²) < 4.78 is 5.53. The summed E-state index contributed by atoms with van der Waals surface area (Å²) in [6.07, 6.45) is 3.86. The zero-order valence-electron chi connectivity index (χ0n) is 19.0. The molecule has 1 atom stereocenters. The van der Waals surface area contributed by atoms with Crippen molar-refractivity contribution in [3.8, 4) is 11.4 Å². The fraction of sp³-hybridized carbons (Fsp3) is 0.391. The second-order valence-corrected chi connectivity index (χ2v) is 8.56. The zero-order valence-corrected chi connectivity index (χ0v) is 19.7. The van der Waals surface area contributed by atoms with E-state index < -0.39 is 11.6 Å². The van der Waals surface area contributed by atoms with E-state index in [0.717, 1.165) is 0 Å². The third-order valence-electron chi connectivity index (χ3n) is 6.20.